The van der Waals surface area contributed by atoms with Crippen molar-refractivity contribution >= 4 is 29.0 Å². The fourth-order valence-electron chi connectivity index (χ4n) is 1.66. The molecule has 2 aromatic rings. The van der Waals surface area contributed by atoms with Crippen LogP contribution in [0.1, 0.15) is 12.5 Å². The van der Waals surface area contributed by atoms with Crippen LogP contribution in [0, 0.1) is 0 Å². The maximum absolute atomic E-state index is 12.8. The zero-order valence-electron chi connectivity index (χ0n) is 11.2. The van der Waals surface area contributed by atoms with Gasteiger partial charge in [0, 0.05) is 11.1 Å². The molecule has 0 atom stereocenters. The van der Waals surface area contributed by atoms with E-state index in [-0.39, 0.29) is 22.2 Å². The van der Waals surface area contributed by atoms with Crippen LogP contribution < -0.4 is 4.80 Å². The molecule has 4 nitrogen and oxygen atoms in total. The number of aromatic nitrogens is 1. The summed E-state index contributed by atoms with van der Waals surface area (Å²) < 4.78 is 44.3. The van der Waals surface area contributed by atoms with E-state index < -0.39 is 17.8 Å². The second kappa shape index (κ2) is 6.53. The van der Waals surface area contributed by atoms with Crippen molar-refractivity contribution in [2.24, 2.45) is 4.99 Å². The molecule has 22 heavy (non-hydrogen) atoms. The van der Waals surface area contributed by atoms with Gasteiger partial charge >= 0.3 is 12.3 Å². The van der Waals surface area contributed by atoms with Crippen molar-refractivity contribution in [3.63, 3.8) is 0 Å². The third-order valence-electron chi connectivity index (χ3n) is 2.55. The Kier molecular flexibility index (Phi) is 4.92. The van der Waals surface area contributed by atoms with Crippen LogP contribution in [0.15, 0.2) is 34.6 Å². The van der Waals surface area contributed by atoms with E-state index in [1.807, 2.05) is 0 Å². The Balaban J connectivity index is 2.54. The highest BCUT2D eigenvalue weighted by Crippen LogP contribution is 2.30. The van der Waals surface area contributed by atoms with Crippen molar-refractivity contribution in [1.29, 1.82) is 0 Å². The molecule has 0 saturated heterocycles. The number of carbonyl (C=O) groups excluding carboxylic acids is 1. The summed E-state index contributed by atoms with van der Waals surface area (Å²) in [4.78, 5) is 15.2. The van der Waals surface area contributed by atoms with Gasteiger partial charge in [0.05, 0.1) is 12.2 Å². The van der Waals surface area contributed by atoms with Gasteiger partial charge in [-0.25, -0.2) is 4.79 Å². The van der Waals surface area contributed by atoms with Gasteiger partial charge in [-0.3, -0.25) is 4.57 Å². The van der Waals surface area contributed by atoms with Crippen molar-refractivity contribution < 1.29 is 22.7 Å². The van der Waals surface area contributed by atoms with Gasteiger partial charge in [0.1, 0.15) is 5.15 Å². The number of carbonyl (C=O) groups is 1. The average Bonchev–Trinajstić information content (AvgIpc) is 2.79. The van der Waals surface area contributed by atoms with Gasteiger partial charge < -0.3 is 4.74 Å². The number of thiazole rings is 1. The summed E-state index contributed by atoms with van der Waals surface area (Å²) in [6, 6.07) is 4.58. The fraction of sp³-hybridized carbons (Fsp3) is 0.231. The molecule has 0 radical (unpaired) electrons. The number of rotatable bonds is 2. The zero-order chi connectivity index (χ0) is 16.3. The van der Waals surface area contributed by atoms with Crippen molar-refractivity contribution in [2.45, 2.75) is 13.1 Å². The van der Waals surface area contributed by atoms with Gasteiger partial charge in [-0.2, -0.15) is 13.2 Å². The summed E-state index contributed by atoms with van der Waals surface area (Å²) in [5.74, 6) is 0. The standard InChI is InChI=1S/C13H10ClF3N2O2S/c1-2-21-12(20)18-11-19(10(14)7-22-11)9-5-3-4-8(6-9)13(15,16)17/h3-7H,2H2,1H3. The number of hydrogen-bond acceptors (Lipinski definition) is 3. The molecule has 0 aliphatic heterocycles. The van der Waals surface area contributed by atoms with Crippen LogP contribution in [-0.2, 0) is 10.9 Å². The molecule has 118 valence electrons. The highest BCUT2D eigenvalue weighted by atomic mass is 35.5. The molecule has 0 aliphatic rings. The van der Waals surface area contributed by atoms with Gasteiger partial charge in [0.25, 0.3) is 0 Å². The minimum atomic E-state index is -4.47. The molecular formula is C13H10ClF3N2O2S. The highest BCUT2D eigenvalue weighted by Gasteiger charge is 2.30. The quantitative estimate of drug-likeness (QED) is 0.812. The monoisotopic (exact) mass is 350 g/mol. The summed E-state index contributed by atoms with van der Waals surface area (Å²) in [7, 11) is 0. The number of ether oxygens (including phenoxy) is 1. The van der Waals surface area contributed by atoms with Crippen LogP contribution in [0.4, 0.5) is 18.0 Å². The third-order valence-corrected chi connectivity index (χ3v) is 3.79. The first kappa shape index (κ1) is 16.6. The van der Waals surface area contributed by atoms with Crippen molar-refractivity contribution in [1.82, 2.24) is 4.57 Å². The van der Waals surface area contributed by atoms with Gasteiger partial charge in [-0.15, -0.1) is 16.3 Å². The summed E-state index contributed by atoms with van der Waals surface area (Å²) >= 11 is 7.01. The first-order chi connectivity index (χ1) is 10.3. The van der Waals surface area contributed by atoms with E-state index in [0.717, 1.165) is 23.5 Å². The largest absolute Gasteiger partial charge is 0.448 e. The maximum atomic E-state index is 12.8. The van der Waals surface area contributed by atoms with Crippen molar-refractivity contribution in [2.75, 3.05) is 6.61 Å². The number of hydrogen-bond donors (Lipinski definition) is 0. The first-order valence-corrected chi connectivity index (χ1v) is 7.34. The fourth-order valence-corrected chi connectivity index (χ4v) is 2.77. The molecule has 1 amide bonds. The highest BCUT2D eigenvalue weighted by molar-refractivity contribution is 7.07. The lowest BCUT2D eigenvalue weighted by Gasteiger charge is -2.10. The van der Waals surface area contributed by atoms with E-state index in [1.54, 1.807) is 6.92 Å². The molecule has 0 unspecified atom stereocenters. The molecule has 0 spiro atoms. The molecule has 2 rings (SSSR count). The molecule has 1 aromatic carbocycles. The summed E-state index contributed by atoms with van der Waals surface area (Å²) in [5, 5.41) is 1.62. The van der Waals surface area contributed by atoms with E-state index >= 15 is 0 Å². The Bertz CT molecular complexity index is 752. The smallest absolute Gasteiger partial charge is 0.436 e. The number of halogens is 4. The number of amides is 1. The molecule has 0 bridgehead atoms. The van der Waals surface area contributed by atoms with E-state index in [9.17, 15) is 18.0 Å². The normalized spacial score (nSPS) is 12.5. The lowest BCUT2D eigenvalue weighted by atomic mass is 10.2. The van der Waals surface area contributed by atoms with Gasteiger partial charge in [-0.1, -0.05) is 17.7 Å². The molecular weight excluding hydrogens is 341 g/mol. The summed E-state index contributed by atoms with van der Waals surface area (Å²) in [6.45, 7) is 1.76. The van der Waals surface area contributed by atoms with Gasteiger partial charge in [0.15, 0.2) is 0 Å². The lowest BCUT2D eigenvalue weighted by molar-refractivity contribution is -0.137. The Morgan fingerprint density at radius 1 is 1.45 bits per heavy atom. The Morgan fingerprint density at radius 3 is 2.82 bits per heavy atom. The molecule has 0 aliphatic carbocycles. The van der Waals surface area contributed by atoms with Crippen LogP contribution >= 0.6 is 22.9 Å². The lowest BCUT2D eigenvalue weighted by Crippen LogP contribution is -2.16. The van der Waals surface area contributed by atoms with Crippen LogP contribution in [0.25, 0.3) is 5.69 Å². The molecule has 9 heteroatoms. The van der Waals surface area contributed by atoms with Gasteiger partial charge in [0.2, 0.25) is 4.80 Å². The van der Waals surface area contributed by atoms with E-state index in [4.69, 9.17) is 11.6 Å². The predicted octanol–water partition coefficient (Wildman–Crippen LogP) is 4.27. The minimum Gasteiger partial charge on any atom is -0.448 e. The van der Waals surface area contributed by atoms with Crippen LogP contribution in [0.2, 0.25) is 5.15 Å². The predicted molar refractivity (Wildman–Crippen MR) is 76.2 cm³/mol. The topological polar surface area (TPSA) is 43.6 Å². The molecule has 0 saturated carbocycles. The van der Waals surface area contributed by atoms with E-state index in [2.05, 4.69) is 9.73 Å². The van der Waals surface area contributed by atoms with E-state index in [0.29, 0.717) is 0 Å². The molecule has 0 N–H and O–H groups in total. The van der Waals surface area contributed by atoms with Gasteiger partial charge in [-0.05, 0) is 25.1 Å². The zero-order valence-corrected chi connectivity index (χ0v) is 12.8. The van der Waals surface area contributed by atoms with Crippen molar-refractivity contribution in [3.05, 3.63) is 45.2 Å². The van der Waals surface area contributed by atoms with Crippen LogP contribution in [0.5, 0.6) is 0 Å². The van der Waals surface area contributed by atoms with E-state index in [1.165, 1.54) is 22.1 Å². The third kappa shape index (κ3) is 3.69. The first-order valence-electron chi connectivity index (χ1n) is 6.08. The molecule has 0 fully saturated rings. The van der Waals surface area contributed by atoms with Crippen LogP contribution in [0.3, 0.4) is 0 Å². The number of alkyl halides is 3. The average molecular weight is 351 g/mol. The Labute approximate surface area is 132 Å². The minimum absolute atomic E-state index is 0.128. The maximum Gasteiger partial charge on any atom is 0.436 e. The molecule has 1 heterocycles. The Morgan fingerprint density at radius 2 is 2.18 bits per heavy atom. The second-order valence-electron chi connectivity index (χ2n) is 4.04. The second-order valence-corrected chi connectivity index (χ2v) is 5.26. The Hall–Kier alpha value is -1.80. The number of benzene rings is 1. The summed E-state index contributed by atoms with van der Waals surface area (Å²) in [6.07, 6.45) is -5.31. The molecule has 1 aromatic heterocycles. The summed E-state index contributed by atoms with van der Waals surface area (Å²) in [5.41, 5.74) is -0.661. The number of nitrogens with zero attached hydrogens (tertiary/aromatic N) is 2. The SMILES string of the molecule is CCOC(=O)N=c1scc(Cl)n1-c1cccc(C(F)(F)F)c1. The van der Waals surface area contributed by atoms with Crippen molar-refractivity contribution in [3.8, 4) is 5.69 Å². The van der Waals surface area contributed by atoms with Crippen LogP contribution in [-0.4, -0.2) is 17.3 Å².